The van der Waals surface area contributed by atoms with Crippen LogP contribution >= 0.6 is 0 Å². The van der Waals surface area contributed by atoms with Crippen molar-refractivity contribution in [3.05, 3.63) is 108 Å². The van der Waals surface area contributed by atoms with E-state index in [1.165, 1.54) is 0 Å². The van der Waals surface area contributed by atoms with Gasteiger partial charge in [-0.1, -0.05) is 91.0 Å². The van der Waals surface area contributed by atoms with E-state index in [1.54, 1.807) is 0 Å². The second-order valence-electron chi connectivity index (χ2n) is 7.37. The van der Waals surface area contributed by atoms with Crippen LogP contribution in [-0.4, -0.2) is 31.1 Å². The molecule has 0 spiro atoms. The van der Waals surface area contributed by atoms with E-state index in [2.05, 4.69) is 41.4 Å². The molecular formula is C26H27NO3. The van der Waals surface area contributed by atoms with Crippen molar-refractivity contribution >= 4 is 6.21 Å². The molecule has 0 saturated heterocycles. The second kappa shape index (κ2) is 10.8. The minimum atomic E-state index is -0.261. The summed E-state index contributed by atoms with van der Waals surface area (Å²) in [5, 5.41) is 0. The summed E-state index contributed by atoms with van der Waals surface area (Å²) in [7, 11) is 0. The summed E-state index contributed by atoms with van der Waals surface area (Å²) in [5.41, 5.74) is 3.39. The first-order chi connectivity index (χ1) is 14.9. The number of rotatable bonds is 9. The predicted molar refractivity (Wildman–Crippen MR) is 118 cm³/mol. The molecule has 30 heavy (non-hydrogen) atoms. The summed E-state index contributed by atoms with van der Waals surface area (Å²) in [6, 6.07) is 30.5. The Morgan fingerprint density at radius 1 is 0.600 bits per heavy atom. The third-order valence-electron chi connectivity index (χ3n) is 5.11. The number of nitrogens with zero attached hydrogens (tertiary/aromatic N) is 1. The molecule has 0 unspecified atom stereocenters. The van der Waals surface area contributed by atoms with Crippen LogP contribution in [0.4, 0.5) is 0 Å². The highest BCUT2D eigenvalue weighted by atomic mass is 16.6. The summed E-state index contributed by atoms with van der Waals surface area (Å²) < 4.78 is 18.8. The molecule has 1 aliphatic heterocycles. The summed E-state index contributed by atoms with van der Waals surface area (Å²) >= 11 is 0. The Labute approximate surface area is 178 Å². The Bertz CT molecular complexity index is 899. The zero-order valence-corrected chi connectivity index (χ0v) is 17.0. The molecule has 0 radical (unpaired) electrons. The second-order valence-corrected chi connectivity index (χ2v) is 7.37. The third kappa shape index (κ3) is 5.86. The summed E-state index contributed by atoms with van der Waals surface area (Å²) in [5.74, 6) is 0. The molecular weight excluding hydrogens is 374 g/mol. The van der Waals surface area contributed by atoms with E-state index in [0.29, 0.717) is 26.4 Å². The molecule has 4 rings (SSSR count). The average Bonchev–Trinajstić information content (AvgIpc) is 2.82. The molecule has 0 aliphatic carbocycles. The average molecular weight is 402 g/mol. The van der Waals surface area contributed by atoms with Crippen LogP contribution in [0.25, 0.3) is 0 Å². The lowest BCUT2D eigenvalue weighted by Gasteiger charge is -2.34. The molecule has 4 heteroatoms. The molecule has 3 atom stereocenters. The van der Waals surface area contributed by atoms with Crippen LogP contribution in [0.3, 0.4) is 0 Å². The molecule has 3 aromatic rings. The summed E-state index contributed by atoms with van der Waals surface area (Å²) in [6.45, 7) is 2.11. The lowest BCUT2D eigenvalue weighted by molar-refractivity contribution is -0.132. The van der Waals surface area contributed by atoms with Crippen molar-refractivity contribution in [1.29, 1.82) is 0 Å². The van der Waals surface area contributed by atoms with E-state index in [9.17, 15) is 0 Å². The fourth-order valence-corrected chi connectivity index (χ4v) is 3.47. The van der Waals surface area contributed by atoms with Crippen molar-refractivity contribution in [1.82, 2.24) is 0 Å². The molecule has 0 N–H and O–H groups in total. The Morgan fingerprint density at radius 3 is 1.60 bits per heavy atom. The molecule has 0 amide bonds. The van der Waals surface area contributed by atoms with Crippen LogP contribution in [0, 0.1) is 0 Å². The van der Waals surface area contributed by atoms with Crippen LogP contribution in [0.15, 0.2) is 96.0 Å². The minimum absolute atomic E-state index is 0.167. The minimum Gasteiger partial charge on any atom is -0.369 e. The predicted octanol–water partition coefficient (Wildman–Crippen LogP) is 4.83. The maximum atomic E-state index is 6.33. The zero-order valence-electron chi connectivity index (χ0n) is 17.0. The van der Waals surface area contributed by atoms with Gasteiger partial charge in [-0.25, -0.2) is 0 Å². The van der Waals surface area contributed by atoms with E-state index in [1.807, 2.05) is 60.8 Å². The number of hydrogen-bond donors (Lipinski definition) is 0. The van der Waals surface area contributed by atoms with Crippen LogP contribution < -0.4 is 0 Å². The highest BCUT2D eigenvalue weighted by Gasteiger charge is 2.34. The van der Waals surface area contributed by atoms with Crippen LogP contribution in [0.1, 0.15) is 16.7 Å². The highest BCUT2D eigenvalue weighted by Crippen LogP contribution is 2.20. The molecule has 0 bridgehead atoms. The Hall–Kier alpha value is -2.79. The fraction of sp³-hybridized carbons (Fsp3) is 0.269. The van der Waals surface area contributed by atoms with E-state index >= 15 is 0 Å². The van der Waals surface area contributed by atoms with Gasteiger partial charge in [0.25, 0.3) is 0 Å². The first-order valence-corrected chi connectivity index (χ1v) is 10.3. The van der Waals surface area contributed by atoms with E-state index in [0.717, 1.165) is 16.7 Å². The van der Waals surface area contributed by atoms with Gasteiger partial charge in [0.05, 0.1) is 26.4 Å². The first kappa shape index (κ1) is 20.5. The van der Waals surface area contributed by atoms with Crippen LogP contribution in [-0.2, 0) is 34.0 Å². The van der Waals surface area contributed by atoms with Crippen LogP contribution in [0.2, 0.25) is 0 Å². The Kier molecular flexibility index (Phi) is 7.40. The van der Waals surface area contributed by atoms with E-state index in [-0.39, 0.29) is 18.3 Å². The maximum Gasteiger partial charge on any atom is 0.121 e. The summed E-state index contributed by atoms with van der Waals surface area (Å²) in [4.78, 5) is 4.51. The largest absolute Gasteiger partial charge is 0.369 e. The van der Waals surface area contributed by atoms with Gasteiger partial charge in [-0.3, -0.25) is 4.99 Å². The van der Waals surface area contributed by atoms with Crippen molar-refractivity contribution in [2.75, 3.05) is 6.54 Å². The fourth-order valence-electron chi connectivity index (χ4n) is 3.47. The monoisotopic (exact) mass is 401 g/mol. The van der Waals surface area contributed by atoms with Gasteiger partial charge in [0.15, 0.2) is 0 Å². The van der Waals surface area contributed by atoms with Crippen molar-refractivity contribution in [3.63, 3.8) is 0 Å². The molecule has 1 aliphatic rings. The maximum absolute atomic E-state index is 6.33. The normalized spacial score (nSPS) is 20.9. The molecule has 4 nitrogen and oxygen atoms in total. The van der Waals surface area contributed by atoms with Crippen molar-refractivity contribution in [2.45, 2.75) is 38.1 Å². The first-order valence-electron chi connectivity index (χ1n) is 10.3. The molecule has 0 aromatic heterocycles. The van der Waals surface area contributed by atoms with Crippen molar-refractivity contribution in [3.8, 4) is 0 Å². The third-order valence-corrected chi connectivity index (χ3v) is 5.11. The molecule has 0 saturated carbocycles. The molecule has 1 heterocycles. The lowest BCUT2D eigenvalue weighted by Crippen LogP contribution is -2.47. The number of ether oxygens (including phenoxy) is 3. The van der Waals surface area contributed by atoms with Gasteiger partial charge in [0.1, 0.15) is 18.3 Å². The van der Waals surface area contributed by atoms with Gasteiger partial charge in [0.2, 0.25) is 0 Å². The van der Waals surface area contributed by atoms with E-state index < -0.39 is 0 Å². The van der Waals surface area contributed by atoms with Gasteiger partial charge in [-0.2, -0.15) is 0 Å². The highest BCUT2D eigenvalue weighted by molar-refractivity contribution is 5.65. The van der Waals surface area contributed by atoms with Crippen molar-refractivity contribution in [2.24, 2.45) is 4.99 Å². The Morgan fingerprint density at radius 2 is 1.07 bits per heavy atom. The van der Waals surface area contributed by atoms with Gasteiger partial charge in [0, 0.05) is 6.21 Å². The smallest absolute Gasteiger partial charge is 0.121 e. The number of hydrogen-bond acceptors (Lipinski definition) is 4. The molecule has 3 aromatic carbocycles. The summed E-state index contributed by atoms with van der Waals surface area (Å²) in [6.07, 6.45) is 1.21. The Balaban J connectivity index is 1.43. The van der Waals surface area contributed by atoms with Gasteiger partial charge in [-0.15, -0.1) is 0 Å². The van der Waals surface area contributed by atoms with Crippen molar-refractivity contribution < 1.29 is 14.2 Å². The standard InChI is InChI=1S/C26H27NO3/c1-4-10-21(11-5-1)18-28-24-16-27-17-25(29-19-22-12-6-2-7-13-22)26(24)30-20-23-14-8-3-9-15-23/h1-16,24-26H,17-20H2/t24-,25-,26+/m1/s1. The van der Waals surface area contributed by atoms with Gasteiger partial charge < -0.3 is 14.2 Å². The quantitative estimate of drug-likeness (QED) is 0.516. The van der Waals surface area contributed by atoms with Gasteiger partial charge in [-0.05, 0) is 16.7 Å². The topological polar surface area (TPSA) is 40.0 Å². The SMILES string of the molecule is C1=NC[C@@H](OCc2ccccc2)[C@@H](OCc2ccccc2)[C@@H]1OCc1ccccc1. The molecule has 0 fully saturated rings. The lowest BCUT2D eigenvalue weighted by atomic mass is 10.0. The number of aliphatic imine (C=N–C) groups is 1. The van der Waals surface area contributed by atoms with E-state index in [4.69, 9.17) is 14.2 Å². The molecule has 154 valence electrons. The van der Waals surface area contributed by atoms with Gasteiger partial charge >= 0.3 is 0 Å². The zero-order chi connectivity index (χ0) is 20.4. The van der Waals surface area contributed by atoms with Crippen LogP contribution in [0.5, 0.6) is 0 Å². The number of benzene rings is 3.